The Hall–Kier alpha value is -0.120. The van der Waals surface area contributed by atoms with Crippen LogP contribution in [0, 0.1) is 0 Å². The Kier molecular flexibility index (Phi) is 4.16. The van der Waals surface area contributed by atoms with Crippen LogP contribution in [0.25, 0.3) is 0 Å². The maximum absolute atomic E-state index is 5.65. The van der Waals surface area contributed by atoms with E-state index in [1.807, 2.05) is 0 Å². The lowest BCUT2D eigenvalue weighted by Crippen LogP contribution is -2.43. The van der Waals surface area contributed by atoms with Crippen molar-refractivity contribution in [3.05, 3.63) is 0 Å². The third kappa shape index (κ3) is 3.25. The molecule has 1 heterocycles. The van der Waals surface area contributed by atoms with Crippen LogP contribution in [0.2, 0.25) is 0 Å². The van der Waals surface area contributed by atoms with Gasteiger partial charge in [-0.15, -0.1) is 0 Å². The normalized spacial score (nSPS) is 35.8. The van der Waals surface area contributed by atoms with E-state index in [1.54, 1.807) is 7.11 Å². The molecule has 2 atom stereocenters. The molecule has 0 aromatic heterocycles. The van der Waals surface area contributed by atoms with Gasteiger partial charge in [-0.25, -0.2) is 0 Å². The number of nitrogens with one attached hydrogen (secondary N) is 1. The van der Waals surface area contributed by atoms with Crippen LogP contribution in [-0.2, 0) is 9.47 Å². The second-order valence-electron chi connectivity index (χ2n) is 3.99. The highest BCUT2D eigenvalue weighted by Gasteiger charge is 2.26. The van der Waals surface area contributed by atoms with E-state index >= 15 is 0 Å². The third-order valence-corrected chi connectivity index (χ3v) is 2.90. The summed E-state index contributed by atoms with van der Waals surface area (Å²) in [5.41, 5.74) is 0.252. The molecule has 3 heteroatoms. The lowest BCUT2D eigenvalue weighted by atomic mass is 9.95. The molecule has 0 bridgehead atoms. The molecule has 1 N–H and O–H groups in total. The van der Waals surface area contributed by atoms with Gasteiger partial charge in [0.05, 0.1) is 12.7 Å². The molecular weight excluding hydrogens is 166 g/mol. The van der Waals surface area contributed by atoms with E-state index in [0.717, 1.165) is 26.0 Å². The zero-order valence-corrected chi connectivity index (χ0v) is 8.93. The highest BCUT2D eigenvalue weighted by atomic mass is 16.5. The van der Waals surface area contributed by atoms with Crippen molar-refractivity contribution in [2.24, 2.45) is 0 Å². The molecule has 78 valence electrons. The van der Waals surface area contributed by atoms with Gasteiger partial charge in [0.25, 0.3) is 0 Å². The summed E-state index contributed by atoms with van der Waals surface area (Å²) in [5.74, 6) is 0. The first-order valence-electron chi connectivity index (χ1n) is 5.06. The second kappa shape index (κ2) is 4.94. The minimum absolute atomic E-state index is 0.221. The molecule has 1 aliphatic heterocycles. The van der Waals surface area contributed by atoms with Gasteiger partial charge in [-0.1, -0.05) is 6.92 Å². The molecule has 2 unspecified atom stereocenters. The highest BCUT2D eigenvalue weighted by molar-refractivity contribution is 4.85. The van der Waals surface area contributed by atoms with E-state index in [9.17, 15) is 0 Å². The summed E-state index contributed by atoms with van der Waals surface area (Å²) in [6, 6.07) is 0. The summed E-state index contributed by atoms with van der Waals surface area (Å²) >= 11 is 0. The fraction of sp³-hybridized carbons (Fsp3) is 1.00. The van der Waals surface area contributed by atoms with Gasteiger partial charge in [-0.3, -0.25) is 0 Å². The largest absolute Gasteiger partial charge is 0.382 e. The predicted molar refractivity (Wildman–Crippen MR) is 52.9 cm³/mol. The minimum atomic E-state index is 0.221. The third-order valence-electron chi connectivity index (χ3n) is 2.90. The van der Waals surface area contributed by atoms with Crippen molar-refractivity contribution in [3.63, 3.8) is 0 Å². The molecule has 3 nitrogen and oxygen atoms in total. The topological polar surface area (TPSA) is 30.5 Å². The summed E-state index contributed by atoms with van der Waals surface area (Å²) in [5, 5.41) is 3.54. The van der Waals surface area contributed by atoms with Crippen molar-refractivity contribution in [2.45, 2.75) is 38.3 Å². The van der Waals surface area contributed by atoms with E-state index in [-0.39, 0.29) is 11.6 Å². The lowest BCUT2D eigenvalue weighted by Gasteiger charge is -2.27. The molecule has 0 aromatic rings. The van der Waals surface area contributed by atoms with Crippen LogP contribution >= 0.6 is 0 Å². The van der Waals surface area contributed by atoms with Gasteiger partial charge in [0, 0.05) is 25.8 Å². The minimum Gasteiger partial charge on any atom is -0.382 e. The number of ether oxygens (including phenoxy) is 2. The average molecular weight is 187 g/mol. The summed E-state index contributed by atoms with van der Waals surface area (Å²) in [4.78, 5) is 0. The fourth-order valence-corrected chi connectivity index (χ4v) is 1.55. The first-order chi connectivity index (χ1) is 6.20. The number of hydrogen-bond donors (Lipinski definition) is 1. The predicted octanol–water partition coefficient (Wildman–Crippen LogP) is 1.18. The van der Waals surface area contributed by atoms with Crippen LogP contribution in [0.5, 0.6) is 0 Å². The molecular formula is C10H21NO2. The maximum Gasteiger partial charge on any atom is 0.0932 e. The smallest absolute Gasteiger partial charge is 0.0932 e. The summed E-state index contributed by atoms with van der Waals surface area (Å²) in [6.07, 6.45) is 2.46. The second-order valence-corrected chi connectivity index (χ2v) is 3.99. The standard InChI is InChI=1S/C10H21NO2/c1-4-10(2)5-6-13-9(7-11-10)8-12-3/h9,11H,4-8H2,1-3H3. The van der Waals surface area contributed by atoms with E-state index in [4.69, 9.17) is 9.47 Å². The number of hydrogen-bond acceptors (Lipinski definition) is 3. The Labute approximate surface area is 80.8 Å². The van der Waals surface area contributed by atoms with Crippen LogP contribution in [0.3, 0.4) is 0 Å². The van der Waals surface area contributed by atoms with Crippen LogP contribution in [-0.4, -0.2) is 38.5 Å². The van der Waals surface area contributed by atoms with E-state index < -0.39 is 0 Å². The van der Waals surface area contributed by atoms with E-state index in [1.165, 1.54) is 0 Å². The van der Waals surface area contributed by atoms with Crippen LogP contribution in [0.4, 0.5) is 0 Å². The summed E-state index contributed by atoms with van der Waals surface area (Å²) in [6.45, 7) is 6.89. The molecule has 1 saturated heterocycles. The van der Waals surface area contributed by atoms with Gasteiger partial charge in [0.15, 0.2) is 0 Å². The monoisotopic (exact) mass is 187 g/mol. The van der Waals surface area contributed by atoms with Crippen LogP contribution < -0.4 is 5.32 Å². The fourth-order valence-electron chi connectivity index (χ4n) is 1.55. The first kappa shape index (κ1) is 11.0. The molecule has 0 radical (unpaired) electrons. The molecule has 1 fully saturated rings. The average Bonchev–Trinajstić information content (AvgIpc) is 2.31. The molecule has 0 aromatic carbocycles. The zero-order valence-electron chi connectivity index (χ0n) is 8.93. The van der Waals surface area contributed by atoms with Gasteiger partial charge < -0.3 is 14.8 Å². The maximum atomic E-state index is 5.65. The zero-order chi connectivity index (χ0) is 9.73. The van der Waals surface area contributed by atoms with Gasteiger partial charge in [-0.05, 0) is 19.8 Å². The van der Waals surface area contributed by atoms with Crippen molar-refractivity contribution in [1.82, 2.24) is 5.32 Å². The molecule has 13 heavy (non-hydrogen) atoms. The lowest BCUT2D eigenvalue weighted by molar-refractivity contribution is 0.00839. The number of methoxy groups -OCH3 is 1. The Bertz CT molecular complexity index is 152. The van der Waals surface area contributed by atoms with E-state index in [0.29, 0.717) is 6.61 Å². The molecule has 0 spiro atoms. The summed E-state index contributed by atoms with van der Waals surface area (Å²) < 4.78 is 10.7. The van der Waals surface area contributed by atoms with Crippen LogP contribution in [0.1, 0.15) is 26.7 Å². The van der Waals surface area contributed by atoms with Crippen molar-refractivity contribution >= 4 is 0 Å². The Morgan fingerprint density at radius 3 is 3.00 bits per heavy atom. The Morgan fingerprint density at radius 1 is 1.62 bits per heavy atom. The van der Waals surface area contributed by atoms with Crippen molar-refractivity contribution < 1.29 is 9.47 Å². The quantitative estimate of drug-likeness (QED) is 0.719. The molecule has 1 aliphatic rings. The van der Waals surface area contributed by atoms with Gasteiger partial charge in [0.2, 0.25) is 0 Å². The van der Waals surface area contributed by atoms with Crippen molar-refractivity contribution in [1.29, 1.82) is 0 Å². The van der Waals surface area contributed by atoms with Crippen molar-refractivity contribution in [2.75, 3.05) is 26.9 Å². The molecule has 0 amide bonds. The summed E-state index contributed by atoms with van der Waals surface area (Å²) in [7, 11) is 1.72. The van der Waals surface area contributed by atoms with Gasteiger partial charge in [0.1, 0.15) is 0 Å². The highest BCUT2D eigenvalue weighted by Crippen LogP contribution is 2.17. The SMILES string of the molecule is CCC1(C)CCOC(COC)CN1. The molecule has 0 saturated carbocycles. The van der Waals surface area contributed by atoms with E-state index in [2.05, 4.69) is 19.2 Å². The molecule has 0 aliphatic carbocycles. The first-order valence-corrected chi connectivity index (χ1v) is 5.06. The van der Waals surface area contributed by atoms with Crippen LogP contribution in [0.15, 0.2) is 0 Å². The van der Waals surface area contributed by atoms with Crippen molar-refractivity contribution in [3.8, 4) is 0 Å². The van der Waals surface area contributed by atoms with Gasteiger partial charge >= 0.3 is 0 Å². The van der Waals surface area contributed by atoms with Gasteiger partial charge in [-0.2, -0.15) is 0 Å². The number of rotatable bonds is 3. The molecule has 1 rings (SSSR count). The Balaban J connectivity index is 2.39. The Morgan fingerprint density at radius 2 is 2.38 bits per heavy atom.